The molecule has 18 heavy (non-hydrogen) atoms. The van der Waals surface area contributed by atoms with E-state index in [4.69, 9.17) is 10.8 Å². The van der Waals surface area contributed by atoms with Crippen LogP contribution in [0.5, 0.6) is 0 Å². The highest BCUT2D eigenvalue weighted by atomic mass is 16.4. The van der Waals surface area contributed by atoms with E-state index in [1.807, 2.05) is 0 Å². The number of hydrogen-bond donors (Lipinski definition) is 2. The molecule has 1 amide bonds. The van der Waals surface area contributed by atoms with E-state index in [-0.39, 0.29) is 29.7 Å². The number of aliphatic carboxylic acids is 1. The molecule has 0 spiro atoms. The zero-order chi connectivity index (χ0) is 13.9. The lowest BCUT2D eigenvalue weighted by Crippen LogP contribution is -2.51. The molecule has 1 heterocycles. The maximum Gasteiger partial charge on any atom is 0.303 e. The molecule has 0 saturated carbocycles. The normalized spacial score (nSPS) is 18.3. The quantitative estimate of drug-likeness (QED) is 0.770. The minimum Gasteiger partial charge on any atom is -0.481 e. The molecule has 0 radical (unpaired) electrons. The summed E-state index contributed by atoms with van der Waals surface area (Å²) in [7, 11) is 0. The summed E-state index contributed by atoms with van der Waals surface area (Å²) < 4.78 is 0. The summed E-state index contributed by atoms with van der Waals surface area (Å²) in [5.74, 6) is -0.629. The van der Waals surface area contributed by atoms with Crippen LogP contribution in [0, 0.1) is 11.3 Å². The topological polar surface area (TPSA) is 83.6 Å². The van der Waals surface area contributed by atoms with Crippen LogP contribution in [-0.2, 0) is 9.59 Å². The van der Waals surface area contributed by atoms with Gasteiger partial charge in [0.2, 0.25) is 5.91 Å². The third kappa shape index (κ3) is 5.04. The van der Waals surface area contributed by atoms with Gasteiger partial charge in [0.25, 0.3) is 0 Å². The molecule has 3 N–H and O–H groups in total. The molecule has 0 bridgehead atoms. The number of rotatable bonds is 5. The number of carboxylic acid groups (broad SMARTS) is 1. The molecule has 0 aromatic rings. The van der Waals surface area contributed by atoms with Gasteiger partial charge in [-0.05, 0) is 11.8 Å². The van der Waals surface area contributed by atoms with Crippen molar-refractivity contribution in [2.24, 2.45) is 17.1 Å². The van der Waals surface area contributed by atoms with Crippen LogP contribution in [0.4, 0.5) is 0 Å². The smallest absolute Gasteiger partial charge is 0.303 e. The molecule has 1 fully saturated rings. The van der Waals surface area contributed by atoms with Crippen molar-refractivity contribution in [2.45, 2.75) is 46.1 Å². The highest BCUT2D eigenvalue weighted by molar-refractivity contribution is 5.78. The number of carboxylic acids is 1. The van der Waals surface area contributed by atoms with E-state index >= 15 is 0 Å². The summed E-state index contributed by atoms with van der Waals surface area (Å²) in [4.78, 5) is 24.0. The molecule has 104 valence electrons. The summed E-state index contributed by atoms with van der Waals surface area (Å²) in [5, 5.41) is 8.62. The fourth-order valence-corrected chi connectivity index (χ4v) is 2.36. The molecule has 5 heteroatoms. The third-order valence-corrected chi connectivity index (χ3v) is 3.08. The van der Waals surface area contributed by atoms with Crippen LogP contribution in [0.3, 0.4) is 0 Å². The monoisotopic (exact) mass is 256 g/mol. The number of nitrogens with zero attached hydrogens (tertiary/aromatic N) is 1. The highest BCUT2D eigenvalue weighted by Gasteiger charge is 2.32. The number of hydrogen-bond acceptors (Lipinski definition) is 3. The van der Waals surface area contributed by atoms with Gasteiger partial charge < -0.3 is 15.7 Å². The average Bonchev–Trinajstić information content (AvgIpc) is 2.05. The van der Waals surface area contributed by atoms with Crippen molar-refractivity contribution in [1.82, 2.24) is 4.90 Å². The fraction of sp³-hybridized carbons (Fsp3) is 0.846. The summed E-state index contributed by atoms with van der Waals surface area (Å²) >= 11 is 0. The van der Waals surface area contributed by atoms with E-state index in [1.54, 1.807) is 4.90 Å². The minimum atomic E-state index is -0.795. The van der Waals surface area contributed by atoms with Gasteiger partial charge in [0.05, 0.1) is 6.42 Å². The Bertz CT molecular complexity index is 317. The first kappa shape index (κ1) is 15.0. The van der Waals surface area contributed by atoms with Crippen LogP contribution in [0.2, 0.25) is 0 Å². The van der Waals surface area contributed by atoms with Crippen LogP contribution in [-0.4, -0.2) is 41.0 Å². The molecule has 1 aliphatic rings. The number of likely N-dealkylation sites (tertiary alicyclic amines) is 1. The van der Waals surface area contributed by atoms with Crippen molar-refractivity contribution in [3.63, 3.8) is 0 Å². The molecule has 1 atom stereocenters. The van der Waals surface area contributed by atoms with Crippen LogP contribution >= 0.6 is 0 Å². The van der Waals surface area contributed by atoms with E-state index in [2.05, 4.69) is 20.8 Å². The Morgan fingerprint density at radius 1 is 1.39 bits per heavy atom. The van der Waals surface area contributed by atoms with E-state index in [1.165, 1.54) is 0 Å². The minimum absolute atomic E-state index is 0.0494. The van der Waals surface area contributed by atoms with Gasteiger partial charge in [-0.15, -0.1) is 0 Å². The molecule has 1 rings (SSSR count). The van der Waals surface area contributed by atoms with Gasteiger partial charge in [0.1, 0.15) is 0 Å². The maximum absolute atomic E-state index is 11.9. The zero-order valence-corrected chi connectivity index (χ0v) is 11.5. The summed E-state index contributed by atoms with van der Waals surface area (Å²) in [5.41, 5.74) is 6.08. The van der Waals surface area contributed by atoms with Gasteiger partial charge in [-0.2, -0.15) is 0 Å². The Balaban J connectivity index is 2.25. The molecular weight excluding hydrogens is 232 g/mol. The third-order valence-electron chi connectivity index (χ3n) is 3.08. The number of carbonyl (C=O) groups is 2. The molecular formula is C13H24N2O3. The molecule has 0 aliphatic carbocycles. The van der Waals surface area contributed by atoms with E-state index in [9.17, 15) is 9.59 Å². The first-order chi connectivity index (χ1) is 8.17. The van der Waals surface area contributed by atoms with Crippen molar-refractivity contribution < 1.29 is 14.7 Å². The second kappa shape index (κ2) is 5.69. The van der Waals surface area contributed by atoms with Crippen molar-refractivity contribution in [3.8, 4) is 0 Å². The lowest BCUT2D eigenvalue weighted by molar-refractivity contribution is -0.145. The van der Waals surface area contributed by atoms with E-state index in [0.717, 1.165) is 6.42 Å². The Morgan fingerprint density at radius 2 is 1.94 bits per heavy atom. The lowest BCUT2D eigenvalue weighted by Gasteiger charge is -2.39. The Kier molecular flexibility index (Phi) is 4.73. The van der Waals surface area contributed by atoms with Gasteiger partial charge in [-0.1, -0.05) is 20.8 Å². The number of carbonyl (C=O) groups excluding carboxylic acids is 1. The van der Waals surface area contributed by atoms with Crippen molar-refractivity contribution >= 4 is 11.9 Å². The Morgan fingerprint density at radius 3 is 2.39 bits per heavy atom. The fourth-order valence-electron chi connectivity index (χ4n) is 2.36. The number of amides is 1. The van der Waals surface area contributed by atoms with Gasteiger partial charge in [-0.25, -0.2) is 0 Å². The molecule has 1 aliphatic heterocycles. The standard InChI is InChI=1S/C13H24N2O3/c1-13(2,3)6-10(14)5-11(16)15-7-9(8-15)4-12(17)18/h9-10H,4-8,14H2,1-3H3,(H,17,18). The largest absolute Gasteiger partial charge is 0.481 e. The van der Waals surface area contributed by atoms with Gasteiger partial charge in [-0.3, -0.25) is 9.59 Å². The average molecular weight is 256 g/mol. The molecule has 1 unspecified atom stereocenters. The summed E-state index contributed by atoms with van der Waals surface area (Å²) in [6.07, 6.45) is 1.32. The SMILES string of the molecule is CC(C)(C)CC(N)CC(=O)N1CC(CC(=O)O)C1. The van der Waals surface area contributed by atoms with Gasteiger partial charge in [0.15, 0.2) is 0 Å². The lowest BCUT2D eigenvalue weighted by atomic mass is 9.87. The van der Waals surface area contributed by atoms with Crippen LogP contribution in [0.25, 0.3) is 0 Å². The van der Waals surface area contributed by atoms with Crippen LogP contribution in [0.1, 0.15) is 40.0 Å². The van der Waals surface area contributed by atoms with Crippen LogP contribution < -0.4 is 5.73 Å². The first-order valence-corrected chi connectivity index (χ1v) is 6.42. The second-order valence-electron chi connectivity index (χ2n) is 6.49. The number of nitrogens with two attached hydrogens (primary N) is 1. The van der Waals surface area contributed by atoms with Crippen molar-refractivity contribution in [3.05, 3.63) is 0 Å². The zero-order valence-electron chi connectivity index (χ0n) is 11.5. The van der Waals surface area contributed by atoms with Crippen molar-refractivity contribution in [2.75, 3.05) is 13.1 Å². The highest BCUT2D eigenvalue weighted by Crippen LogP contribution is 2.24. The molecule has 5 nitrogen and oxygen atoms in total. The molecule has 0 aromatic heterocycles. The second-order valence-corrected chi connectivity index (χ2v) is 6.49. The first-order valence-electron chi connectivity index (χ1n) is 6.42. The Hall–Kier alpha value is -1.10. The van der Waals surface area contributed by atoms with Crippen molar-refractivity contribution in [1.29, 1.82) is 0 Å². The maximum atomic E-state index is 11.9. The van der Waals surface area contributed by atoms with E-state index in [0.29, 0.717) is 19.5 Å². The van der Waals surface area contributed by atoms with Gasteiger partial charge in [0, 0.05) is 31.5 Å². The predicted octanol–water partition coefficient (Wildman–Crippen LogP) is 1.07. The Labute approximate surface area is 108 Å². The molecule has 1 saturated heterocycles. The summed E-state index contributed by atoms with van der Waals surface area (Å²) in [6, 6.07) is -0.115. The summed E-state index contributed by atoms with van der Waals surface area (Å²) in [6.45, 7) is 7.43. The van der Waals surface area contributed by atoms with E-state index < -0.39 is 5.97 Å². The predicted molar refractivity (Wildman–Crippen MR) is 69.0 cm³/mol. The molecule has 0 aromatic carbocycles. The van der Waals surface area contributed by atoms with Crippen LogP contribution in [0.15, 0.2) is 0 Å². The van der Waals surface area contributed by atoms with Gasteiger partial charge >= 0.3 is 5.97 Å².